The Morgan fingerprint density at radius 1 is 1.57 bits per heavy atom. The van der Waals surface area contributed by atoms with Crippen LogP contribution in [0, 0.1) is 0 Å². The molecule has 0 amide bonds. The standard InChI is InChI=1S/C9H11N3OS/c1-6(13)8-5-10-9(14-8)7-3-4-12(2)11-7/h3-6,13H,1-2H3. The Morgan fingerprint density at radius 3 is 2.86 bits per heavy atom. The fraction of sp³-hybridized carbons (Fsp3) is 0.333. The van der Waals surface area contributed by atoms with Crippen molar-refractivity contribution in [2.45, 2.75) is 13.0 Å². The predicted octanol–water partition coefficient (Wildman–Crippen LogP) is 1.60. The van der Waals surface area contributed by atoms with Crippen LogP contribution in [0.3, 0.4) is 0 Å². The molecule has 2 heterocycles. The molecule has 1 atom stereocenters. The summed E-state index contributed by atoms with van der Waals surface area (Å²) in [5.74, 6) is 0. The minimum Gasteiger partial charge on any atom is -0.388 e. The van der Waals surface area contributed by atoms with Crippen molar-refractivity contribution in [3.05, 3.63) is 23.3 Å². The quantitative estimate of drug-likeness (QED) is 0.817. The zero-order valence-electron chi connectivity index (χ0n) is 8.01. The molecule has 2 aromatic heterocycles. The lowest BCUT2D eigenvalue weighted by Gasteiger charge is -1.95. The first kappa shape index (κ1) is 9.36. The van der Waals surface area contributed by atoms with Crippen LogP contribution in [0.2, 0.25) is 0 Å². The van der Waals surface area contributed by atoms with Gasteiger partial charge in [-0.2, -0.15) is 5.10 Å². The van der Waals surface area contributed by atoms with Gasteiger partial charge in [-0.15, -0.1) is 11.3 Å². The van der Waals surface area contributed by atoms with E-state index in [0.717, 1.165) is 15.6 Å². The number of aromatic nitrogens is 3. The molecule has 0 bridgehead atoms. The number of hydrogen-bond acceptors (Lipinski definition) is 4. The maximum Gasteiger partial charge on any atom is 0.144 e. The van der Waals surface area contributed by atoms with Crippen LogP contribution in [-0.4, -0.2) is 19.9 Å². The van der Waals surface area contributed by atoms with Crippen molar-refractivity contribution in [1.82, 2.24) is 14.8 Å². The van der Waals surface area contributed by atoms with Crippen LogP contribution in [0.5, 0.6) is 0 Å². The Labute approximate surface area is 85.8 Å². The van der Waals surface area contributed by atoms with E-state index in [0.29, 0.717) is 0 Å². The Bertz CT molecular complexity index is 433. The van der Waals surface area contributed by atoms with Crippen molar-refractivity contribution >= 4 is 11.3 Å². The zero-order chi connectivity index (χ0) is 10.1. The molecule has 0 aliphatic carbocycles. The van der Waals surface area contributed by atoms with Crippen molar-refractivity contribution in [3.63, 3.8) is 0 Å². The van der Waals surface area contributed by atoms with Gasteiger partial charge in [0.1, 0.15) is 10.7 Å². The van der Waals surface area contributed by atoms with E-state index < -0.39 is 6.10 Å². The van der Waals surface area contributed by atoms with Gasteiger partial charge in [-0.3, -0.25) is 4.68 Å². The molecule has 0 aliphatic rings. The van der Waals surface area contributed by atoms with E-state index in [9.17, 15) is 5.11 Å². The lowest BCUT2D eigenvalue weighted by atomic mass is 10.4. The number of rotatable bonds is 2. The molecular weight excluding hydrogens is 198 g/mol. The largest absolute Gasteiger partial charge is 0.388 e. The molecule has 0 radical (unpaired) electrons. The van der Waals surface area contributed by atoms with E-state index >= 15 is 0 Å². The molecule has 2 aromatic rings. The van der Waals surface area contributed by atoms with Crippen LogP contribution in [0.4, 0.5) is 0 Å². The van der Waals surface area contributed by atoms with Gasteiger partial charge < -0.3 is 5.11 Å². The van der Waals surface area contributed by atoms with Crippen molar-refractivity contribution in [1.29, 1.82) is 0 Å². The molecule has 0 fully saturated rings. The van der Waals surface area contributed by atoms with E-state index in [4.69, 9.17) is 0 Å². The molecule has 0 saturated carbocycles. The summed E-state index contributed by atoms with van der Waals surface area (Å²) in [6.07, 6.45) is 3.11. The Balaban J connectivity index is 2.33. The summed E-state index contributed by atoms with van der Waals surface area (Å²) in [4.78, 5) is 5.07. The first-order valence-corrected chi connectivity index (χ1v) is 5.12. The zero-order valence-corrected chi connectivity index (χ0v) is 8.82. The number of hydrogen-bond donors (Lipinski definition) is 1. The highest BCUT2D eigenvalue weighted by Gasteiger charge is 2.09. The third kappa shape index (κ3) is 1.69. The Hall–Kier alpha value is -1.20. The minimum absolute atomic E-state index is 0.454. The molecule has 1 unspecified atom stereocenters. The fourth-order valence-corrected chi connectivity index (χ4v) is 1.95. The average Bonchev–Trinajstić information content (AvgIpc) is 2.70. The first-order chi connectivity index (χ1) is 6.66. The van der Waals surface area contributed by atoms with Crippen LogP contribution >= 0.6 is 11.3 Å². The molecule has 0 saturated heterocycles. The summed E-state index contributed by atoms with van der Waals surface area (Å²) in [6, 6.07) is 1.91. The molecule has 0 aromatic carbocycles. The Kier molecular flexibility index (Phi) is 2.35. The first-order valence-electron chi connectivity index (χ1n) is 4.30. The second-order valence-corrected chi connectivity index (χ2v) is 4.18. The van der Waals surface area contributed by atoms with E-state index in [2.05, 4.69) is 10.1 Å². The van der Waals surface area contributed by atoms with Crippen molar-refractivity contribution in [2.24, 2.45) is 7.05 Å². The van der Waals surface area contributed by atoms with Crippen molar-refractivity contribution in [3.8, 4) is 10.7 Å². The van der Waals surface area contributed by atoms with E-state index in [1.807, 2.05) is 19.3 Å². The van der Waals surface area contributed by atoms with Crippen molar-refractivity contribution < 1.29 is 5.11 Å². The fourth-order valence-electron chi connectivity index (χ4n) is 1.13. The maximum absolute atomic E-state index is 9.33. The minimum atomic E-state index is -0.454. The topological polar surface area (TPSA) is 50.9 Å². The lowest BCUT2D eigenvalue weighted by molar-refractivity contribution is 0.203. The summed E-state index contributed by atoms with van der Waals surface area (Å²) in [5, 5.41) is 14.4. The number of aryl methyl sites for hydroxylation is 1. The predicted molar refractivity (Wildman–Crippen MR) is 54.9 cm³/mol. The highest BCUT2D eigenvalue weighted by atomic mass is 32.1. The molecular formula is C9H11N3OS. The van der Waals surface area contributed by atoms with Gasteiger partial charge >= 0.3 is 0 Å². The molecule has 1 N–H and O–H groups in total. The van der Waals surface area contributed by atoms with E-state index in [-0.39, 0.29) is 0 Å². The second-order valence-electron chi connectivity index (χ2n) is 3.12. The van der Waals surface area contributed by atoms with Crippen LogP contribution in [0.15, 0.2) is 18.5 Å². The summed E-state index contributed by atoms with van der Waals surface area (Å²) >= 11 is 1.47. The van der Waals surface area contributed by atoms with Crippen LogP contribution in [0.1, 0.15) is 17.9 Å². The van der Waals surface area contributed by atoms with Gasteiger partial charge in [0.15, 0.2) is 0 Å². The molecule has 4 nitrogen and oxygen atoms in total. The maximum atomic E-state index is 9.33. The van der Waals surface area contributed by atoms with Gasteiger partial charge in [-0.1, -0.05) is 0 Å². The van der Waals surface area contributed by atoms with E-state index in [1.165, 1.54) is 11.3 Å². The lowest BCUT2D eigenvalue weighted by Crippen LogP contribution is -1.87. The van der Waals surface area contributed by atoms with E-state index in [1.54, 1.807) is 17.8 Å². The molecule has 0 aliphatic heterocycles. The van der Waals surface area contributed by atoms with Crippen LogP contribution < -0.4 is 0 Å². The highest BCUT2D eigenvalue weighted by Crippen LogP contribution is 2.27. The van der Waals surface area contributed by atoms with Gasteiger partial charge in [-0.25, -0.2) is 4.98 Å². The summed E-state index contributed by atoms with van der Waals surface area (Å²) in [5.41, 5.74) is 0.851. The van der Waals surface area contributed by atoms with Crippen molar-refractivity contribution in [2.75, 3.05) is 0 Å². The molecule has 74 valence electrons. The average molecular weight is 209 g/mol. The molecule has 2 rings (SSSR count). The number of aliphatic hydroxyl groups excluding tert-OH is 1. The van der Waals surface area contributed by atoms with Gasteiger partial charge in [0, 0.05) is 19.4 Å². The van der Waals surface area contributed by atoms with Crippen LogP contribution in [-0.2, 0) is 7.05 Å². The number of aliphatic hydroxyl groups is 1. The Morgan fingerprint density at radius 2 is 2.36 bits per heavy atom. The number of thiazole rings is 1. The van der Waals surface area contributed by atoms with Gasteiger partial charge in [0.25, 0.3) is 0 Å². The summed E-state index contributed by atoms with van der Waals surface area (Å²) in [7, 11) is 1.87. The molecule has 5 heteroatoms. The SMILES string of the molecule is CC(O)c1cnc(-c2ccn(C)n2)s1. The summed E-state index contributed by atoms with van der Waals surface area (Å²) in [6.45, 7) is 1.73. The van der Waals surface area contributed by atoms with Gasteiger partial charge in [-0.05, 0) is 13.0 Å². The smallest absolute Gasteiger partial charge is 0.144 e. The van der Waals surface area contributed by atoms with Crippen LogP contribution in [0.25, 0.3) is 10.7 Å². The van der Waals surface area contributed by atoms with Gasteiger partial charge in [0.05, 0.1) is 11.0 Å². The monoisotopic (exact) mass is 209 g/mol. The van der Waals surface area contributed by atoms with Gasteiger partial charge in [0.2, 0.25) is 0 Å². The molecule has 14 heavy (non-hydrogen) atoms. The second kappa shape index (κ2) is 3.51. The highest BCUT2D eigenvalue weighted by molar-refractivity contribution is 7.15. The third-order valence-corrected chi connectivity index (χ3v) is 3.06. The number of nitrogens with zero attached hydrogens (tertiary/aromatic N) is 3. The third-order valence-electron chi connectivity index (χ3n) is 1.87. The molecule has 0 spiro atoms. The summed E-state index contributed by atoms with van der Waals surface area (Å²) < 4.78 is 1.73. The normalized spacial score (nSPS) is 13.1.